The van der Waals surface area contributed by atoms with Crippen molar-refractivity contribution in [1.29, 1.82) is 0 Å². The van der Waals surface area contributed by atoms with Gasteiger partial charge in [0.1, 0.15) is 5.15 Å². The van der Waals surface area contributed by atoms with Crippen molar-refractivity contribution in [3.63, 3.8) is 0 Å². The maximum Gasteiger partial charge on any atom is 0.243 e. The highest BCUT2D eigenvalue weighted by molar-refractivity contribution is 6.40. The standard InChI is InChI=1S/C27H30Cl2N4O6/c28-25-26(29)33(16-31-25)14-21-12-22(19-8-6-18(15-34)7-9-19)39-27(38-21)20-10-4-17(5-11-20)13-30-23(35)2-1-3-24(36)32-37/h4-11,16,21-22,27,34,37H,1-3,12-15H2,(H,30,35)(H,32,36)/t21-,22+,27+/m1/s1. The van der Waals surface area contributed by atoms with Crippen molar-refractivity contribution < 1.29 is 29.4 Å². The van der Waals surface area contributed by atoms with E-state index in [9.17, 15) is 14.7 Å². The maximum atomic E-state index is 12.0. The van der Waals surface area contributed by atoms with Gasteiger partial charge in [-0.05, 0) is 23.1 Å². The molecule has 0 spiro atoms. The van der Waals surface area contributed by atoms with Gasteiger partial charge < -0.3 is 24.5 Å². The number of carbonyl (C=O) groups is 2. The molecule has 10 nitrogen and oxygen atoms in total. The third kappa shape index (κ3) is 8.01. The number of hydroxylamine groups is 1. The molecule has 1 aromatic heterocycles. The van der Waals surface area contributed by atoms with Gasteiger partial charge in [0, 0.05) is 31.4 Å². The zero-order valence-electron chi connectivity index (χ0n) is 21.1. The van der Waals surface area contributed by atoms with Crippen molar-refractivity contribution in [2.75, 3.05) is 0 Å². The van der Waals surface area contributed by atoms with Gasteiger partial charge in [-0.2, -0.15) is 0 Å². The molecule has 3 aromatic rings. The predicted molar refractivity (Wildman–Crippen MR) is 143 cm³/mol. The molecule has 0 unspecified atom stereocenters. The van der Waals surface area contributed by atoms with E-state index < -0.39 is 12.2 Å². The Hall–Kier alpha value is -2.99. The number of hydrogen-bond acceptors (Lipinski definition) is 7. The van der Waals surface area contributed by atoms with Crippen LogP contribution in [-0.2, 0) is 38.8 Å². The van der Waals surface area contributed by atoms with Crippen LogP contribution in [-0.4, -0.2) is 37.8 Å². The van der Waals surface area contributed by atoms with Gasteiger partial charge in [0.2, 0.25) is 11.8 Å². The van der Waals surface area contributed by atoms with Crippen LogP contribution >= 0.6 is 23.2 Å². The fourth-order valence-electron chi connectivity index (χ4n) is 4.27. The quantitative estimate of drug-likeness (QED) is 0.198. The van der Waals surface area contributed by atoms with Crippen molar-refractivity contribution in [2.24, 2.45) is 0 Å². The van der Waals surface area contributed by atoms with Crippen molar-refractivity contribution in [1.82, 2.24) is 20.3 Å². The molecule has 0 radical (unpaired) electrons. The van der Waals surface area contributed by atoms with E-state index in [0.29, 0.717) is 31.1 Å². The molecule has 2 amide bonds. The first-order valence-electron chi connectivity index (χ1n) is 12.5. The van der Waals surface area contributed by atoms with Crippen LogP contribution in [0.2, 0.25) is 10.3 Å². The summed E-state index contributed by atoms with van der Waals surface area (Å²) in [5.41, 5.74) is 5.04. The van der Waals surface area contributed by atoms with Crippen molar-refractivity contribution in [3.8, 4) is 0 Å². The van der Waals surface area contributed by atoms with E-state index in [0.717, 1.165) is 22.3 Å². The fourth-order valence-corrected chi connectivity index (χ4v) is 4.58. The number of hydrogen-bond donors (Lipinski definition) is 4. The summed E-state index contributed by atoms with van der Waals surface area (Å²) in [5.74, 6) is -0.700. The van der Waals surface area contributed by atoms with E-state index in [1.165, 1.54) is 0 Å². The van der Waals surface area contributed by atoms with Gasteiger partial charge in [-0.25, -0.2) is 10.5 Å². The number of aromatic nitrogens is 2. The third-order valence-corrected chi connectivity index (χ3v) is 7.19. The molecule has 4 rings (SSSR count). The lowest BCUT2D eigenvalue weighted by Gasteiger charge is -2.36. The number of ether oxygens (including phenoxy) is 2. The SMILES string of the molecule is O=C(CCCC(=O)NCc1ccc([C@H]2O[C@@H](Cn3cnc(Cl)c3Cl)C[C@@H](c3ccc(CO)cc3)O2)cc1)NO. The molecule has 1 fully saturated rings. The summed E-state index contributed by atoms with van der Waals surface area (Å²) in [7, 11) is 0. The molecule has 0 bridgehead atoms. The molecular formula is C27H30Cl2N4O6. The lowest BCUT2D eigenvalue weighted by molar-refractivity contribution is -0.252. The Morgan fingerprint density at radius 3 is 2.28 bits per heavy atom. The summed E-state index contributed by atoms with van der Waals surface area (Å²) in [6.07, 6.45) is 1.60. The van der Waals surface area contributed by atoms with Gasteiger partial charge in [-0.15, -0.1) is 0 Å². The lowest BCUT2D eigenvalue weighted by atomic mass is 10.00. The smallest absolute Gasteiger partial charge is 0.243 e. The molecule has 2 aromatic carbocycles. The average Bonchev–Trinajstić information content (AvgIpc) is 3.28. The van der Waals surface area contributed by atoms with Crippen molar-refractivity contribution >= 4 is 35.0 Å². The minimum absolute atomic E-state index is 0.0340. The second-order valence-corrected chi connectivity index (χ2v) is 9.95. The number of amides is 2. The van der Waals surface area contributed by atoms with Gasteiger partial charge in [0.15, 0.2) is 11.4 Å². The summed E-state index contributed by atoms with van der Waals surface area (Å²) >= 11 is 12.3. The second-order valence-electron chi connectivity index (χ2n) is 9.24. The van der Waals surface area contributed by atoms with E-state index >= 15 is 0 Å². The number of aliphatic hydroxyl groups excluding tert-OH is 1. The van der Waals surface area contributed by atoms with Crippen LogP contribution in [0.15, 0.2) is 54.9 Å². The Morgan fingerprint density at radius 2 is 1.64 bits per heavy atom. The summed E-state index contributed by atoms with van der Waals surface area (Å²) in [5, 5.41) is 21.3. The van der Waals surface area contributed by atoms with Crippen LogP contribution in [0.4, 0.5) is 0 Å². The number of rotatable bonds is 11. The molecule has 2 heterocycles. The molecular weight excluding hydrogens is 547 g/mol. The van der Waals surface area contributed by atoms with Crippen molar-refractivity contribution in [3.05, 3.63) is 87.4 Å². The molecule has 1 saturated heterocycles. The van der Waals surface area contributed by atoms with Crippen LogP contribution in [0.5, 0.6) is 0 Å². The molecule has 39 heavy (non-hydrogen) atoms. The highest BCUT2D eigenvalue weighted by atomic mass is 35.5. The number of benzene rings is 2. The number of nitrogens with one attached hydrogen (secondary N) is 2. The molecule has 0 aliphatic carbocycles. The normalized spacial score (nSPS) is 19.0. The first kappa shape index (κ1) is 29.0. The highest BCUT2D eigenvalue weighted by Gasteiger charge is 2.32. The number of nitrogens with zero attached hydrogens (tertiary/aromatic N) is 2. The molecule has 1 aliphatic heterocycles. The first-order valence-corrected chi connectivity index (χ1v) is 13.3. The van der Waals surface area contributed by atoms with Gasteiger partial charge >= 0.3 is 0 Å². The summed E-state index contributed by atoms with van der Waals surface area (Å²) < 4.78 is 14.4. The minimum atomic E-state index is -0.648. The first-order chi connectivity index (χ1) is 18.9. The average molecular weight is 577 g/mol. The Morgan fingerprint density at radius 1 is 0.974 bits per heavy atom. The van der Waals surface area contributed by atoms with Crippen LogP contribution in [0, 0.1) is 0 Å². The Kier molecular flexibility index (Phi) is 10.3. The van der Waals surface area contributed by atoms with Crippen molar-refractivity contribution in [2.45, 2.75) is 63.9 Å². The molecule has 208 valence electrons. The molecule has 0 saturated carbocycles. The third-order valence-electron chi connectivity index (χ3n) is 6.42. The Balaban J connectivity index is 1.42. The summed E-state index contributed by atoms with van der Waals surface area (Å²) in [6.45, 7) is 0.738. The van der Waals surface area contributed by atoms with Gasteiger partial charge in [-0.3, -0.25) is 14.8 Å². The number of carbonyl (C=O) groups excluding carboxylic acids is 2. The summed E-state index contributed by atoms with van der Waals surface area (Å²) in [4.78, 5) is 27.1. The van der Waals surface area contributed by atoms with Gasteiger partial charge in [0.05, 0.1) is 31.7 Å². The van der Waals surface area contributed by atoms with Gasteiger partial charge in [-0.1, -0.05) is 71.7 Å². The minimum Gasteiger partial charge on any atom is -0.392 e. The Bertz CT molecular complexity index is 1250. The number of halogens is 2. The van der Waals surface area contributed by atoms with Gasteiger partial charge in [0.25, 0.3) is 0 Å². The topological polar surface area (TPSA) is 135 Å². The maximum absolute atomic E-state index is 12.0. The number of aliphatic hydroxyl groups is 1. The van der Waals surface area contributed by atoms with Crippen LogP contribution in [0.3, 0.4) is 0 Å². The molecule has 4 N–H and O–H groups in total. The zero-order valence-corrected chi connectivity index (χ0v) is 22.6. The van der Waals surface area contributed by atoms with Crippen LogP contribution in [0.1, 0.15) is 60.3 Å². The number of imidazole rings is 1. The highest BCUT2D eigenvalue weighted by Crippen LogP contribution is 2.39. The second kappa shape index (κ2) is 13.9. The predicted octanol–water partition coefficient (Wildman–Crippen LogP) is 4.22. The van der Waals surface area contributed by atoms with Crippen LogP contribution in [0.25, 0.3) is 0 Å². The monoisotopic (exact) mass is 576 g/mol. The largest absolute Gasteiger partial charge is 0.392 e. The zero-order chi connectivity index (χ0) is 27.8. The van der Waals surface area contributed by atoms with E-state index in [1.807, 2.05) is 48.5 Å². The molecule has 12 heteroatoms. The fraction of sp³-hybridized carbons (Fsp3) is 0.370. The lowest BCUT2D eigenvalue weighted by Crippen LogP contribution is -2.32. The van der Waals surface area contributed by atoms with E-state index in [1.54, 1.807) is 16.4 Å². The molecule has 3 atom stereocenters. The van der Waals surface area contributed by atoms with E-state index in [4.69, 9.17) is 37.9 Å². The van der Waals surface area contributed by atoms with E-state index in [-0.39, 0.29) is 42.7 Å². The van der Waals surface area contributed by atoms with E-state index in [2.05, 4.69) is 10.3 Å². The Labute approximate surface area is 235 Å². The molecule has 1 aliphatic rings. The van der Waals surface area contributed by atoms with Crippen LogP contribution < -0.4 is 10.8 Å². The summed E-state index contributed by atoms with van der Waals surface area (Å²) in [6, 6.07) is 15.2.